The number of aliphatic imine (C=N–C) groups is 1. The van der Waals surface area contributed by atoms with Crippen LogP contribution in [0.3, 0.4) is 0 Å². The highest BCUT2D eigenvalue weighted by Crippen LogP contribution is 2.39. The van der Waals surface area contributed by atoms with E-state index < -0.39 is 12.6 Å². The van der Waals surface area contributed by atoms with Crippen LogP contribution in [0.2, 0.25) is 0 Å². The molecular formula is C25H26N2O5S. The van der Waals surface area contributed by atoms with Gasteiger partial charge in [-0.3, -0.25) is 9.69 Å². The molecule has 2 aromatic carbocycles. The molecule has 4 rings (SSSR count). The lowest BCUT2D eigenvalue weighted by Crippen LogP contribution is -2.40. The number of amidine groups is 1. The Kier molecular flexibility index (Phi) is 7.34. The summed E-state index contributed by atoms with van der Waals surface area (Å²) in [6.07, 6.45) is 7.22. The average molecular weight is 467 g/mol. The highest BCUT2D eigenvalue weighted by atomic mass is 32.2. The van der Waals surface area contributed by atoms with Crippen LogP contribution in [0.5, 0.6) is 11.5 Å². The molecule has 2 aromatic rings. The molecule has 33 heavy (non-hydrogen) atoms. The number of nitrogens with zero attached hydrogens (tertiary/aromatic N) is 2. The maximum Gasteiger partial charge on any atom is 0.341 e. The predicted molar refractivity (Wildman–Crippen MR) is 129 cm³/mol. The van der Waals surface area contributed by atoms with Crippen molar-refractivity contribution in [3.05, 3.63) is 59.0 Å². The van der Waals surface area contributed by atoms with Crippen molar-refractivity contribution in [2.45, 2.75) is 38.1 Å². The lowest BCUT2D eigenvalue weighted by atomic mass is 9.94. The second-order valence-corrected chi connectivity index (χ2v) is 8.91. The number of carbonyl (C=O) groups is 2. The number of ether oxygens (including phenoxy) is 2. The molecule has 172 valence electrons. The Morgan fingerprint density at radius 2 is 1.91 bits per heavy atom. The molecule has 2 aliphatic rings. The predicted octanol–water partition coefficient (Wildman–Crippen LogP) is 5.10. The summed E-state index contributed by atoms with van der Waals surface area (Å²) in [7, 11) is 1.49. The number of benzene rings is 2. The van der Waals surface area contributed by atoms with Crippen molar-refractivity contribution in [3.63, 3.8) is 0 Å². The van der Waals surface area contributed by atoms with Crippen LogP contribution in [-0.2, 0) is 9.59 Å². The van der Waals surface area contributed by atoms with Crippen molar-refractivity contribution in [2.75, 3.05) is 13.7 Å². The van der Waals surface area contributed by atoms with E-state index in [0.717, 1.165) is 36.9 Å². The summed E-state index contributed by atoms with van der Waals surface area (Å²) < 4.78 is 10.6. The van der Waals surface area contributed by atoms with E-state index in [0.29, 0.717) is 21.6 Å². The van der Waals surface area contributed by atoms with Crippen molar-refractivity contribution < 1.29 is 24.2 Å². The summed E-state index contributed by atoms with van der Waals surface area (Å²) >= 11 is 1.38. The zero-order chi connectivity index (χ0) is 23.2. The molecule has 1 N–H and O–H groups in total. The highest BCUT2D eigenvalue weighted by Gasteiger charge is 2.38. The zero-order valence-electron chi connectivity index (χ0n) is 18.4. The Morgan fingerprint density at radius 1 is 1.15 bits per heavy atom. The minimum atomic E-state index is -1.07. The van der Waals surface area contributed by atoms with Crippen molar-refractivity contribution in [3.8, 4) is 11.5 Å². The van der Waals surface area contributed by atoms with Crippen LogP contribution in [0.25, 0.3) is 6.08 Å². The van der Waals surface area contributed by atoms with E-state index in [4.69, 9.17) is 19.6 Å². The third kappa shape index (κ3) is 5.57. The summed E-state index contributed by atoms with van der Waals surface area (Å²) in [5.41, 5.74) is 1.58. The molecule has 0 spiro atoms. The van der Waals surface area contributed by atoms with Gasteiger partial charge in [0.15, 0.2) is 23.3 Å². The zero-order valence-corrected chi connectivity index (χ0v) is 19.2. The van der Waals surface area contributed by atoms with Gasteiger partial charge in [0.25, 0.3) is 5.91 Å². The van der Waals surface area contributed by atoms with E-state index in [1.54, 1.807) is 18.2 Å². The fourth-order valence-corrected chi connectivity index (χ4v) is 5.08. The summed E-state index contributed by atoms with van der Waals surface area (Å²) in [6, 6.07) is 15.0. The average Bonchev–Trinajstić information content (AvgIpc) is 3.13. The van der Waals surface area contributed by atoms with E-state index in [1.165, 1.54) is 25.3 Å². The third-order valence-corrected chi connectivity index (χ3v) is 6.58. The van der Waals surface area contributed by atoms with Crippen molar-refractivity contribution in [1.29, 1.82) is 0 Å². The fraction of sp³-hybridized carbons (Fsp3) is 0.320. The van der Waals surface area contributed by atoms with Gasteiger partial charge >= 0.3 is 5.97 Å². The smallest absolute Gasteiger partial charge is 0.341 e. The van der Waals surface area contributed by atoms with Crippen LogP contribution in [0.15, 0.2) is 58.4 Å². The van der Waals surface area contributed by atoms with E-state index in [9.17, 15) is 9.59 Å². The molecule has 0 bridgehead atoms. The molecule has 0 aromatic heterocycles. The van der Waals surface area contributed by atoms with Crippen LogP contribution >= 0.6 is 11.8 Å². The Morgan fingerprint density at radius 3 is 2.61 bits per heavy atom. The number of carbonyl (C=O) groups excluding carboxylic acids is 1. The van der Waals surface area contributed by atoms with Crippen LogP contribution in [0.1, 0.15) is 37.7 Å². The van der Waals surface area contributed by atoms with Gasteiger partial charge < -0.3 is 14.6 Å². The van der Waals surface area contributed by atoms with Gasteiger partial charge in [0.2, 0.25) is 0 Å². The monoisotopic (exact) mass is 466 g/mol. The second-order valence-electron chi connectivity index (χ2n) is 7.90. The first-order valence-corrected chi connectivity index (χ1v) is 11.8. The molecular weight excluding hydrogens is 440 g/mol. The number of methoxy groups -OCH3 is 1. The van der Waals surface area contributed by atoms with Crippen LogP contribution < -0.4 is 9.47 Å². The summed E-state index contributed by atoms with van der Waals surface area (Å²) in [5.74, 6) is -0.359. The highest BCUT2D eigenvalue weighted by molar-refractivity contribution is 8.18. The normalized spacial score (nSPS) is 19.3. The molecule has 0 unspecified atom stereocenters. The molecule has 1 amide bonds. The van der Waals surface area contributed by atoms with Gasteiger partial charge in [-0.25, -0.2) is 9.79 Å². The standard InChI is InChI=1S/C25H26N2O5S/c1-31-21-14-17(12-13-20(21)32-16-23(28)29)15-22-24(30)27(19-10-6-3-7-11-19)25(33-22)26-18-8-4-2-5-9-18/h2,4-5,8-9,12-15,19H,3,6-7,10-11,16H2,1H3,(H,28,29)/b22-15-,26-25?. The van der Waals surface area contributed by atoms with E-state index >= 15 is 0 Å². The molecule has 0 radical (unpaired) electrons. The van der Waals surface area contributed by atoms with Gasteiger partial charge in [0.1, 0.15) is 0 Å². The number of hydrogen-bond acceptors (Lipinski definition) is 6. The van der Waals surface area contributed by atoms with Gasteiger partial charge in [-0.05, 0) is 60.5 Å². The molecule has 1 aliphatic heterocycles. The molecule has 1 heterocycles. The Balaban J connectivity index is 1.64. The van der Waals surface area contributed by atoms with E-state index in [-0.39, 0.29) is 11.9 Å². The van der Waals surface area contributed by atoms with Crippen LogP contribution in [-0.4, -0.2) is 46.8 Å². The molecule has 7 nitrogen and oxygen atoms in total. The SMILES string of the molecule is COc1cc(/C=C2\SC(=Nc3ccccc3)N(C3CCCCC3)C2=O)ccc1OCC(=O)O. The summed E-state index contributed by atoms with van der Waals surface area (Å²) in [5, 5.41) is 9.55. The first-order chi connectivity index (χ1) is 16.0. The number of amides is 1. The largest absolute Gasteiger partial charge is 0.493 e. The number of carboxylic acids is 1. The lowest BCUT2D eigenvalue weighted by molar-refractivity contribution is -0.139. The van der Waals surface area contributed by atoms with Crippen LogP contribution in [0, 0.1) is 0 Å². The Bertz CT molecular complexity index is 1080. The maximum absolute atomic E-state index is 13.4. The molecule has 0 atom stereocenters. The van der Waals surface area contributed by atoms with Crippen molar-refractivity contribution >= 4 is 40.6 Å². The number of carboxylic acid groups (broad SMARTS) is 1. The van der Waals surface area contributed by atoms with E-state index in [2.05, 4.69) is 0 Å². The van der Waals surface area contributed by atoms with Gasteiger partial charge in [0.05, 0.1) is 17.7 Å². The number of hydrogen-bond donors (Lipinski definition) is 1. The summed E-state index contributed by atoms with van der Waals surface area (Å²) in [4.78, 5) is 31.5. The first kappa shape index (κ1) is 22.9. The molecule has 1 saturated carbocycles. The third-order valence-electron chi connectivity index (χ3n) is 5.59. The molecule has 1 saturated heterocycles. The van der Waals surface area contributed by atoms with Gasteiger partial charge in [-0.1, -0.05) is 43.5 Å². The molecule has 2 fully saturated rings. The quantitative estimate of drug-likeness (QED) is 0.572. The maximum atomic E-state index is 13.4. The Hall–Kier alpha value is -3.26. The number of thioether (sulfide) groups is 1. The fourth-order valence-electron chi connectivity index (χ4n) is 4.02. The van der Waals surface area contributed by atoms with Crippen molar-refractivity contribution in [2.24, 2.45) is 4.99 Å². The van der Waals surface area contributed by atoms with Crippen molar-refractivity contribution in [1.82, 2.24) is 4.90 Å². The minimum absolute atomic E-state index is 0.0354. The second kappa shape index (κ2) is 10.6. The van der Waals surface area contributed by atoms with Gasteiger partial charge in [-0.15, -0.1) is 0 Å². The van der Waals surface area contributed by atoms with Gasteiger partial charge in [-0.2, -0.15) is 0 Å². The molecule has 1 aliphatic carbocycles. The summed E-state index contributed by atoms with van der Waals surface area (Å²) in [6.45, 7) is -0.458. The minimum Gasteiger partial charge on any atom is -0.493 e. The van der Waals surface area contributed by atoms with E-state index in [1.807, 2.05) is 41.3 Å². The number of rotatable bonds is 7. The van der Waals surface area contributed by atoms with Gasteiger partial charge in [0, 0.05) is 6.04 Å². The van der Waals surface area contributed by atoms with Crippen LogP contribution in [0.4, 0.5) is 5.69 Å². The lowest BCUT2D eigenvalue weighted by Gasteiger charge is -2.30. The molecule has 8 heteroatoms. The Labute approximate surface area is 197 Å². The number of para-hydroxylation sites is 1. The first-order valence-electron chi connectivity index (χ1n) is 10.9. The topological polar surface area (TPSA) is 88.4 Å². The number of aliphatic carboxylic acids is 1.